The maximum atomic E-state index is 11.4. The van der Waals surface area contributed by atoms with E-state index in [0.29, 0.717) is 6.42 Å². The molecule has 2 rings (SSSR count). The SMILES string of the molecule is CNS(=O)(=O)CCCN1CCN([C@H](C#N)c2ccccc2)CC1. The molecule has 1 aromatic carbocycles. The van der Waals surface area contributed by atoms with E-state index in [1.54, 1.807) is 0 Å². The summed E-state index contributed by atoms with van der Waals surface area (Å²) in [6.45, 7) is 4.16. The molecule has 1 aromatic rings. The predicted octanol–water partition coefficient (Wildman–Crippen LogP) is 0.808. The first-order chi connectivity index (χ1) is 11.1. The van der Waals surface area contributed by atoms with E-state index in [4.69, 9.17) is 0 Å². The van der Waals surface area contributed by atoms with E-state index in [-0.39, 0.29) is 11.8 Å². The van der Waals surface area contributed by atoms with Crippen molar-refractivity contribution >= 4 is 10.0 Å². The highest BCUT2D eigenvalue weighted by atomic mass is 32.2. The third-order valence-corrected chi connectivity index (χ3v) is 5.66. The van der Waals surface area contributed by atoms with Crippen LogP contribution in [0.1, 0.15) is 18.0 Å². The third kappa shape index (κ3) is 5.29. The van der Waals surface area contributed by atoms with Crippen LogP contribution < -0.4 is 4.72 Å². The second kappa shape index (κ2) is 8.41. The molecule has 0 spiro atoms. The first-order valence-corrected chi connectivity index (χ1v) is 9.53. The molecule has 6 nitrogen and oxygen atoms in total. The molecule has 1 aliphatic rings. The Labute approximate surface area is 138 Å². The van der Waals surface area contributed by atoms with Crippen molar-refractivity contribution in [2.75, 3.05) is 45.5 Å². The second-order valence-corrected chi connectivity index (χ2v) is 7.74. The minimum Gasteiger partial charge on any atom is -0.301 e. The van der Waals surface area contributed by atoms with Crippen LogP contribution in [0.5, 0.6) is 0 Å². The van der Waals surface area contributed by atoms with Gasteiger partial charge in [0.1, 0.15) is 6.04 Å². The van der Waals surface area contributed by atoms with E-state index in [1.807, 2.05) is 30.3 Å². The molecule has 1 aliphatic heterocycles. The summed E-state index contributed by atoms with van der Waals surface area (Å²) in [5, 5.41) is 9.48. The molecule has 0 saturated carbocycles. The van der Waals surface area contributed by atoms with Crippen LogP contribution in [0.15, 0.2) is 30.3 Å². The van der Waals surface area contributed by atoms with Gasteiger partial charge in [-0.25, -0.2) is 13.1 Å². The highest BCUT2D eigenvalue weighted by Gasteiger charge is 2.24. The maximum Gasteiger partial charge on any atom is 0.211 e. The van der Waals surface area contributed by atoms with Gasteiger partial charge in [0, 0.05) is 26.2 Å². The third-order valence-electron chi connectivity index (χ3n) is 4.21. The molecule has 0 aromatic heterocycles. The highest BCUT2D eigenvalue weighted by molar-refractivity contribution is 7.89. The number of piperazine rings is 1. The average molecular weight is 336 g/mol. The van der Waals surface area contributed by atoms with E-state index in [1.165, 1.54) is 7.05 Å². The van der Waals surface area contributed by atoms with Gasteiger partial charge in [-0.1, -0.05) is 30.3 Å². The topological polar surface area (TPSA) is 76.4 Å². The van der Waals surface area contributed by atoms with Crippen LogP contribution in [-0.2, 0) is 10.0 Å². The van der Waals surface area contributed by atoms with Crippen molar-refractivity contribution in [2.45, 2.75) is 12.5 Å². The molecule has 7 heteroatoms. The summed E-state index contributed by atoms with van der Waals surface area (Å²) < 4.78 is 25.1. The number of sulfonamides is 1. The minimum absolute atomic E-state index is 0.161. The zero-order chi connectivity index (χ0) is 16.7. The Kier molecular flexibility index (Phi) is 6.54. The number of nitrogens with zero attached hydrogens (tertiary/aromatic N) is 3. The zero-order valence-corrected chi connectivity index (χ0v) is 14.3. The number of hydrogen-bond acceptors (Lipinski definition) is 5. The second-order valence-electron chi connectivity index (χ2n) is 5.70. The monoisotopic (exact) mass is 336 g/mol. The van der Waals surface area contributed by atoms with Crippen molar-refractivity contribution in [3.05, 3.63) is 35.9 Å². The quantitative estimate of drug-likeness (QED) is 0.797. The Bertz CT molecular complexity index is 619. The van der Waals surface area contributed by atoms with Crippen molar-refractivity contribution in [1.82, 2.24) is 14.5 Å². The molecule has 0 amide bonds. The van der Waals surface area contributed by atoms with Crippen LogP contribution in [-0.4, -0.2) is 63.7 Å². The number of nitriles is 1. The van der Waals surface area contributed by atoms with E-state index >= 15 is 0 Å². The van der Waals surface area contributed by atoms with Crippen LogP contribution in [0.4, 0.5) is 0 Å². The van der Waals surface area contributed by atoms with Crippen molar-refractivity contribution in [2.24, 2.45) is 0 Å². The molecule has 0 radical (unpaired) electrons. The van der Waals surface area contributed by atoms with E-state index in [9.17, 15) is 13.7 Å². The van der Waals surface area contributed by atoms with Crippen LogP contribution in [0.3, 0.4) is 0 Å². The lowest BCUT2D eigenvalue weighted by Gasteiger charge is -2.37. The van der Waals surface area contributed by atoms with Crippen molar-refractivity contribution in [3.8, 4) is 6.07 Å². The predicted molar refractivity (Wildman–Crippen MR) is 90.3 cm³/mol. The Morgan fingerprint density at radius 3 is 2.43 bits per heavy atom. The van der Waals surface area contributed by atoms with Gasteiger partial charge in [-0.05, 0) is 25.6 Å². The smallest absolute Gasteiger partial charge is 0.211 e. The fourth-order valence-electron chi connectivity index (χ4n) is 2.83. The summed E-state index contributed by atoms with van der Waals surface area (Å²) in [6, 6.07) is 12.0. The lowest BCUT2D eigenvalue weighted by atomic mass is 10.1. The van der Waals surface area contributed by atoms with Gasteiger partial charge in [-0.2, -0.15) is 5.26 Å². The van der Waals surface area contributed by atoms with Gasteiger partial charge in [0.25, 0.3) is 0 Å². The Balaban J connectivity index is 1.80. The van der Waals surface area contributed by atoms with Gasteiger partial charge in [0.05, 0.1) is 11.8 Å². The van der Waals surface area contributed by atoms with Gasteiger partial charge >= 0.3 is 0 Å². The highest BCUT2D eigenvalue weighted by Crippen LogP contribution is 2.21. The maximum absolute atomic E-state index is 11.4. The lowest BCUT2D eigenvalue weighted by molar-refractivity contribution is 0.114. The van der Waals surface area contributed by atoms with Crippen LogP contribution >= 0.6 is 0 Å². The lowest BCUT2D eigenvalue weighted by Crippen LogP contribution is -2.47. The van der Waals surface area contributed by atoms with E-state index in [2.05, 4.69) is 20.6 Å². The Hall–Kier alpha value is -1.46. The van der Waals surface area contributed by atoms with E-state index in [0.717, 1.165) is 38.3 Å². The summed E-state index contributed by atoms with van der Waals surface area (Å²) >= 11 is 0. The minimum atomic E-state index is -3.11. The summed E-state index contributed by atoms with van der Waals surface area (Å²) in [6.07, 6.45) is 0.629. The molecule has 23 heavy (non-hydrogen) atoms. The van der Waals surface area contributed by atoms with Crippen molar-refractivity contribution in [1.29, 1.82) is 5.26 Å². The summed E-state index contributed by atoms with van der Waals surface area (Å²) in [7, 11) is -1.67. The molecular formula is C16H24N4O2S. The van der Waals surface area contributed by atoms with Gasteiger partial charge in [-0.3, -0.25) is 4.90 Å². The van der Waals surface area contributed by atoms with Gasteiger partial charge < -0.3 is 4.90 Å². The number of rotatable bonds is 7. The van der Waals surface area contributed by atoms with E-state index < -0.39 is 10.0 Å². The molecular weight excluding hydrogens is 312 g/mol. The zero-order valence-electron chi connectivity index (χ0n) is 13.5. The molecule has 1 heterocycles. The standard InChI is InChI=1S/C16H24N4O2S/c1-18-23(21,22)13-5-8-19-9-11-20(12-10-19)16(14-17)15-6-3-2-4-7-15/h2-4,6-7,16,18H,5,8-13H2,1H3/t16-/m1/s1. The van der Waals surface area contributed by atoms with Crippen LogP contribution in [0, 0.1) is 11.3 Å². The normalized spacial score (nSPS) is 18.4. The van der Waals surface area contributed by atoms with Gasteiger partial charge in [0.2, 0.25) is 10.0 Å². The van der Waals surface area contributed by atoms with Gasteiger partial charge in [-0.15, -0.1) is 0 Å². The largest absolute Gasteiger partial charge is 0.301 e. The van der Waals surface area contributed by atoms with Crippen LogP contribution in [0.25, 0.3) is 0 Å². The molecule has 1 fully saturated rings. The van der Waals surface area contributed by atoms with Crippen LogP contribution in [0.2, 0.25) is 0 Å². The molecule has 0 bridgehead atoms. The van der Waals surface area contributed by atoms with Crippen molar-refractivity contribution in [3.63, 3.8) is 0 Å². The number of hydrogen-bond donors (Lipinski definition) is 1. The molecule has 126 valence electrons. The summed E-state index contributed by atoms with van der Waals surface area (Å²) in [4.78, 5) is 4.46. The Morgan fingerprint density at radius 2 is 1.87 bits per heavy atom. The number of benzene rings is 1. The van der Waals surface area contributed by atoms with Gasteiger partial charge in [0.15, 0.2) is 0 Å². The Morgan fingerprint density at radius 1 is 1.22 bits per heavy atom. The molecule has 0 unspecified atom stereocenters. The molecule has 1 saturated heterocycles. The molecule has 0 aliphatic carbocycles. The van der Waals surface area contributed by atoms with Crippen molar-refractivity contribution < 1.29 is 8.42 Å². The summed E-state index contributed by atoms with van der Waals surface area (Å²) in [5.74, 6) is 0.161. The first kappa shape index (κ1) is 17.9. The first-order valence-electron chi connectivity index (χ1n) is 7.88. The number of nitrogens with one attached hydrogen (secondary N) is 1. The molecule has 1 N–H and O–H groups in total. The summed E-state index contributed by atoms with van der Waals surface area (Å²) in [5.41, 5.74) is 1.03. The fourth-order valence-corrected chi connectivity index (χ4v) is 3.54. The average Bonchev–Trinajstić information content (AvgIpc) is 2.58. The fraction of sp³-hybridized carbons (Fsp3) is 0.562. The molecule has 1 atom stereocenters.